The first kappa shape index (κ1) is 13.2. The molecule has 0 aliphatic carbocycles. The first-order chi connectivity index (χ1) is 9.67. The van der Waals surface area contributed by atoms with Crippen molar-refractivity contribution >= 4 is 0 Å². The van der Waals surface area contributed by atoms with Crippen molar-refractivity contribution < 1.29 is 4.74 Å². The van der Waals surface area contributed by atoms with Gasteiger partial charge < -0.3 is 10.1 Å². The maximum absolute atomic E-state index is 5.59. The van der Waals surface area contributed by atoms with Gasteiger partial charge in [-0.05, 0) is 43.7 Å². The fraction of sp³-hybridized carbons (Fsp3) is 0.333. The zero-order valence-corrected chi connectivity index (χ0v) is 12.4. The van der Waals surface area contributed by atoms with E-state index >= 15 is 0 Å². The summed E-state index contributed by atoms with van der Waals surface area (Å²) < 4.78 is 5.59. The Morgan fingerprint density at radius 1 is 1.00 bits per heavy atom. The van der Waals surface area contributed by atoms with Gasteiger partial charge in [-0.3, -0.25) is 0 Å². The molecule has 0 radical (unpaired) electrons. The van der Waals surface area contributed by atoms with Crippen molar-refractivity contribution in [2.45, 2.75) is 26.3 Å². The van der Waals surface area contributed by atoms with E-state index < -0.39 is 0 Å². The van der Waals surface area contributed by atoms with Crippen LogP contribution in [0.4, 0.5) is 0 Å². The van der Waals surface area contributed by atoms with Gasteiger partial charge in [0.15, 0.2) is 0 Å². The summed E-state index contributed by atoms with van der Waals surface area (Å²) in [5.41, 5.74) is 6.58. The Morgan fingerprint density at radius 2 is 1.75 bits per heavy atom. The SMILES string of the molecule is CNC(c1cc(C)cc(C)c1)c1ccc2c(c1)CCO2. The van der Waals surface area contributed by atoms with Crippen molar-refractivity contribution in [1.29, 1.82) is 0 Å². The van der Waals surface area contributed by atoms with E-state index in [9.17, 15) is 0 Å². The highest BCUT2D eigenvalue weighted by molar-refractivity contribution is 5.44. The quantitative estimate of drug-likeness (QED) is 0.918. The Morgan fingerprint density at radius 3 is 2.45 bits per heavy atom. The topological polar surface area (TPSA) is 21.3 Å². The average molecular weight is 267 g/mol. The Hall–Kier alpha value is -1.80. The molecule has 2 aromatic rings. The molecule has 1 heterocycles. The van der Waals surface area contributed by atoms with Crippen LogP contribution in [0.2, 0.25) is 0 Å². The lowest BCUT2D eigenvalue weighted by molar-refractivity contribution is 0.357. The van der Waals surface area contributed by atoms with Gasteiger partial charge in [-0.1, -0.05) is 41.5 Å². The highest BCUT2D eigenvalue weighted by Gasteiger charge is 2.17. The van der Waals surface area contributed by atoms with Crippen LogP contribution < -0.4 is 10.1 Å². The summed E-state index contributed by atoms with van der Waals surface area (Å²) in [6.07, 6.45) is 1.02. The molecule has 3 rings (SSSR count). The second kappa shape index (κ2) is 5.29. The van der Waals surface area contributed by atoms with E-state index in [1.165, 1.54) is 27.8 Å². The molecule has 1 aliphatic rings. The van der Waals surface area contributed by atoms with Gasteiger partial charge in [0, 0.05) is 6.42 Å². The molecule has 0 saturated carbocycles. The lowest BCUT2D eigenvalue weighted by Gasteiger charge is -2.19. The molecule has 1 atom stereocenters. The Kier molecular flexibility index (Phi) is 3.49. The van der Waals surface area contributed by atoms with Gasteiger partial charge in [-0.15, -0.1) is 0 Å². The molecule has 20 heavy (non-hydrogen) atoms. The van der Waals surface area contributed by atoms with Gasteiger partial charge in [0.05, 0.1) is 12.6 Å². The van der Waals surface area contributed by atoms with E-state index in [2.05, 4.69) is 55.6 Å². The Labute approximate surface area is 120 Å². The van der Waals surface area contributed by atoms with E-state index in [-0.39, 0.29) is 6.04 Å². The van der Waals surface area contributed by atoms with E-state index in [1.807, 2.05) is 7.05 Å². The molecule has 2 heteroatoms. The normalized spacial score (nSPS) is 14.8. The van der Waals surface area contributed by atoms with Gasteiger partial charge in [0.1, 0.15) is 5.75 Å². The van der Waals surface area contributed by atoms with Crippen molar-refractivity contribution in [2.75, 3.05) is 13.7 Å². The van der Waals surface area contributed by atoms with Gasteiger partial charge in [0.25, 0.3) is 0 Å². The van der Waals surface area contributed by atoms with Crippen LogP contribution in [0, 0.1) is 13.8 Å². The predicted octanol–water partition coefficient (Wildman–Crippen LogP) is 3.55. The Balaban J connectivity index is 2.01. The highest BCUT2D eigenvalue weighted by Crippen LogP contribution is 2.31. The maximum atomic E-state index is 5.59. The van der Waals surface area contributed by atoms with E-state index in [0.29, 0.717) is 0 Å². The minimum atomic E-state index is 0.236. The fourth-order valence-corrected chi connectivity index (χ4v) is 3.09. The third-order valence-corrected chi connectivity index (χ3v) is 3.91. The Bertz CT molecular complexity index is 613. The molecule has 0 bridgehead atoms. The molecule has 0 aromatic heterocycles. The number of fused-ring (bicyclic) bond motifs is 1. The fourth-order valence-electron chi connectivity index (χ4n) is 3.09. The first-order valence-electron chi connectivity index (χ1n) is 7.18. The zero-order chi connectivity index (χ0) is 14.1. The molecule has 1 N–H and O–H groups in total. The molecule has 2 aromatic carbocycles. The molecule has 0 spiro atoms. The second-order valence-electron chi connectivity index (χ2n) is 5.61. The highest BCUT2D eigenvalue weighted by atomic mass is 16.5. The minimum Gasteiger partial charge on any atom is -0.493 e. The summed E-state index contributed by atoms with van der Waals surface area (Å²) in [6, 6.07) is 13.5. The molecule has 1 aliphatic heterocycles. The summed E-state index contributed by atoms with van der Waals surface area (Å²) in [4.78, 5) is 0. The summed E-state index contributed by atoms with van der Waals surface area (Å²) in [6.45, 7) is 5.12. The smallest absolute Gasteiger partial charge is 0.122 e. The third kappa shape index (κ3) is 2.44. The number of nitrogens with one attached hydrogen (secondary N) is 1. The van der Waals surface area contributed by atoms with Crippen molar-refractivity contribution in [3.05, 3.63) is 64.2 Å². The van der Waals surface area contributed by atoms with Gasteiger partial charge in [-0.25, -0.2) is 0 Å². The van der Waals surface area contributed by atoms with Gasteiger partial charge in [-0.2, -0.15) is 0 Å². The summed E-state index contributed by atoms with van der Waals surface area (Å²) >= 11 is 0. The number of hydrogen-bond donors (Lipinski definition) is 1. The molecule has 0 saturated heterocycles. The summed E-state index contributed by atoms with van der Waals surface area (Å²) in [7, 11) is 2.02. The molecular formula is C18H21NO. The summed E-state index contributed by atoms with van der Waals surface area (Å²) in [5.74, 6) is 1.05. The van der Waals surface area contributed by atoms with Crippen LogP contribution >= 0.6 is 0 Å². The monoisotopic (exact) mass is 267 g/mol. The third-order valence-electron chi connectivity index (χ3n) is 3.91. The number of benzene rings is 2. The molecule has 0 fully saturated rings. The second-order valence-corrected chi connectivity index (χ2v) is 5.61. The maximum Gasteiger partial charge on any atom is 0.122 e. The first-order valence-corrected chi connectivity index (χ1v) is 7.18. The minimum absolute atomic E-state index is 0.236. The van der Waals surface area contributed by atoms with Crippen LogP contribution in [-0.2, 0) is 6.42 Å². The van der Waals surface area contributed by atoms with Crippen LogP contribution in [0.15, 0.2) is 36.4 Å². The molecule has 1 unspecified atom stereocenters. The molecule has 104 valence electrons. The zero-order valence-electron chi connectivity index (χ0n) is 12.4. The van der Waals surface area contributed by atoms with E-state index in [1.54, 1.807) is 0 Å². The van der Waals surface area contributed by atoms with Crippen LogP contribution in [0.5, 0.6) is 5.75 Å². The van der Waals surface area contributed by atoms with Gasteiger partial charge in [0.2, 0.25) is 0 Å². The van der Waals surface area contributed by atoms with E-state index in [4.69, 9.17) is 4.74 Å². The van der Waals surface area contributed by atoms with Crippen LogP contribution in [0.1, 0.15) is 33.9 Å². The van der Waals surface area contributed by atoms with Gasteiger partial charge >= 0.3 is 0 Å². The standard InChI is InChI=1S/C18H21NO/c1-12-8-13(2)10-16(9-12)18(19-3)15-4-5-17-14(11-15)6-7-20-17/h4-5,8-11,18-19H,6-7H2,1-3H3. The van der Waals surface area contributed by atoms with Crippen LogP contribution in [0.3, 0.4) is 0 Å². The number of ether oxygens (including phenoxy) is 1. The lowest BCUT2D eigenvalue weighted by atomic mass is 9.94. The molecule has 2 nitrogen and oxygen atoms in total. The number of aryl methyl sites for hydroxylation is 2. The van der Waals surface area contributed by atoms with Crippen molar-refractivity contribution in [3.8, 4) is 5.75 Å². The van der Waals surface area contributed by atoms with Crippen molar-refractivity contribution in [2.24, 2.45) is 0 Å². The van der Waals surface area contributed by atoms with Crippen LogP contribution in [0.25, 0.3) is 0 Å². The largest absolute Gasteiger partial charge is 0.493 e. The predicted molar refractivity (Wildman–Crippen MR) is 82.5 cm³/mol. The lowest BCUT2D eigenvalue weighted by Crippen LogP contribution is -2.18. The van der Waals surface area contributed by atoms with Crippen LogP contribution in [-0.4, -0.2) is 13.7 Å². The van der Waals surface area contributed by atoms with Crippen molar-refractivity contribution in [1.82, 2.24) is 5.32 Å². The molecular weight excluding hydrogens is 246 g/mol. The average Bonchev–Trinajstić information content (AvgIpc) is 2.86. The summed E-state index contributed by atoms with van der Waals surface area (Å²) in [5, 5.41) is 3.44. The number of hydrogen-bond acceptors (Lipinski definition) is 2. The number of rotatable bonds is 3. The molecule has 0 amide bonds. The van der Waals surface area contributed by atoms with Crippen molar-refractivity contribution in [3.63, 3.8) is 0 Å². The van der Waals surface area contributed by atoms with E-state index in [0.717, 1.165) is 18.8 Å².